The summed E-state index contributed by atoms with van der Waals surface area (Å²) >= 11 is 0. The van der Waals surface area contributed by atoms with Crippen LogP contribution >= 0.6 is 0 Å². The first kappa shape index (κ1) is 19.0. The normalized spacial score (nSPS) is 18.6. The van der Waals surface area contributed by atoms with Crippen LogP contribution in [0, 0.1) is 13.8 Å². The molecule has 0 aromatic heterocycles. The number of carbonyl (C=O) groups excluding carboxylic acids is 2. The lowest BCUT2D eigenvalue weighted by Gasteiger charge is -2.32. The summed E-state index contributed by atoms with van der Waals surface area (Å²) in [6, 6.07) is 13.5. The Hall–Kier alpha value is -3.34. The van der Waals surface area contributed by atoms with Crippen molar-refractivity contribution in [3.8, 4) is 5.75 Å². The molecule has 0 radical (unpaired) electrons. The van der Waals surface area contributed by atoms with E-state index in [1.165, 1.54) is 0 Å². The van der Waals surface area contributed by atoms with Crippen molar-refractivity contribution in [2.45, 2.75) is 26.2 Å². The van der Waals surface area contributed by atoms with Gasteiger partial charge in [-0.05, 0) is 54.8 Å². The molecule has 0 spiro atoms. The average molecular weight is 389 g/mol. The Balaban J connectivity index is 1.73. The highest BCUT2D eigenvalue weighted by Gasteiger charge is 2.43. The third kappa shape index (κ3) is 3.56. The number of anilines is 1. The van der Waals surface area contributed by atoms with Crippen molar-refractivity contribution >= 4 is 17.6 Å². The van der Waals surface area contributed by atoms with Crippen molar-refractivity contribution in [2.75, 3.05) is 18.1 Å². The summed E-state index contributed by atoms with van der Waals surface area (Å²) in [5.74, 6) is 0.0156. The van der Waals surface area contributed by atoms with Gasteiger partial charge in [-0.15, -0.1) is 0 Å². The number of carbonyl (C=O) groups is 2. The molecule has 2 heterocycles. The minimum absolute atomic E-state index is 0.0379. The summed E-state index contributed by atoms with van der Waals surface area (Å²) in [4.78, 5) is 27.4. The van der Waals surface area contributed by atoms with Crippen molar-refractivity contribution < 1.29 is 19.1 Å². The molecule has 2 aliphatic rings. The number of esters is 1. The van der Waals surface area contributed by atoms with Crippen molar-refractivity contribution in [2.24, 2.45) is 0 Å². The molecule has 2 aliphatic heterocycles. The molecule has 0 bridgehead atoms. The first-order valence-corrected chi connectivity index (χ1v) is 9.63. The van der Waals surface area contributed by atoms with E-state index in [0.717, 1.165) is 28.1 Å². The highest BCUT2D eigenvalue weighted by molar-refractivity contribution is 6.06. The van der Waals surface area contributed by atoms with Gasteiger partial charge in [0.25, 0.3) is 0 Å². The molecule has 0 saturated heterocycles. The summed E-state index contributed by atoms with van der Waals surface area (Å²) in [5, 5.41) is 0. The third-order valence-corrected chi connectivity index (χ3v) is 5.23. The van der Waals surface area contributed by atoms with Crippen molar-refractivity contribution in [3.63, 3.8) is 0 Å². The number of hydrogen-bond acceptors (Lipinski definition) is 4. The topological polar surface area (TPSA) is 55.8 Å². The number of hydrogen-bond donors (Lipinski definition) is 0. The minimum atomic E-state index is -0.348. The minimum Gasteiger partial charge on any atom is -0.490 e. The molecule has 1 amide bonds. The lowest BCUT2D eigenvalue weighted by atomic mass is 9.84. The molecule has 0 aliphatic carbocycles. The summed E-state index contributed by atoms with van der Waals surface area (Å²) in [7, 11) is 0. The highest BCUT2D eigenvalue weighted by atomic mass is 16.5. The van der Waals surface area contributed by atoms with Gasteiger partial charge in [-0.1, -0.05) is 30.9 Å². The largest absolute Gasteiger partial charge is 0.490 e. The number of benzene rings is 2. The van der Waals surface area contributed by atoms with Gasteiger partial charge < -0.3 is 9.47 Å². The quantitative estimate of drug-likeness (QED) is 0.568. The summed E-state index contributed by atoms with van der Waals surface area (Å²) in [6.45, 7) is 8.17. The second-order valence-electron chi connectivity index (χ2n) is 7.44. The van der Waals surface area contributed by atoms with Crippen LogP contribution < -0.4 is 9.64 Å². The second kappa shape index (κ2) is 7.59. The van der Waals surface area contributed by atoms with E-state index in [2.05, 4.69) is 12.6 Å². The maximum Gasteiger partial charge on any atom is 0.336 e. The predicted molar refractivity (Wildman–Crippen MR) is 111 cm³/mol. The molecule has 1 atom stereocenters. The van der Waals surface area contributed by atoms with Gasteiger partial charge in [-0.2, -0.15) is 0 Å². The number of nitrogens with zero attached hydrogens (tertiary/aromatic N) is 1. The molecule has 4 rings (SSSR count). The van der Waals surface area contributed by atoms with Gasteiger partial charge in [0.15, 0.2) is 0 Å². The fourth-order valence-electron chi connectivity index (χ4n) is 4.07. The van der Waals surface area contributed by atoms with E-state index in [1.807, 2.05) is 50.2 Å². The van der Waals surface area contributed by atoms with E-state index >= 15 is 0 Å². The molecule has 1 unspecified atom stereocenters. The Morgan fingerprint density at radius 1 is 1.14 bits per heavy atom. The van der Waals surface area contributed by atoms with E-state index in [-0.39, 0.29) is 30.8 Å². The molecular formula is C24H23NO4. The average Bonchev–Trinajstić information content (AvgIpc) is 3.06. The zero-order valence-corrected chi connectivity index (χ0v) is 16.6. The zero-order chi connectivity index (χ0) is 20.5. The molecule has 5 heteroatoms. The second-order valence-corrected chi connectivity index (χ2v) is 7.44. The van der Waals surface area contributed by atoms with E-state index in [4.69, 9.17) is 9.47 Å². The third-order valence-electron chi connectivity index (χ3n) is 5.23. The molecule has 2 aromatic carbocycles. The smallest absolute Gasteiger partial charge is 0.336 e. The van der Waals surface area contributed by atoms with Gasteiger partial charge in [-0.3, -0.25) is 9.69 Å². The van der Waals surface area contributed by atoms with Crippen LogP contribution in [0.4, 0.5) is 5.69 Å². The first-order chi connectivity index (χ1) is 14.0. The number of aryl methyl sites for hydroxylation is 2. The van der Waals surface area contributed by atoms with Gasteiger partial charge in [0.2, 0.25) is 5.91 Å². The van der Waals surface area contributed by atoms with E-state index < -0.39 is 0 Å². The van der Waals surface area contributed by atoms with Gasteiger partial charge in [0.1, 0.15) is 19.0 Å². The standard InChI is InChI=1S/C24H23NO4/c1-4-9-28-19-7-5-17(6-8-19)20-13-22(26)25(21-14-29-24(27)23(20)21)18-11-15(2)10-16(3)12-18/h4-8,10-12,20H,1,9,13-14H2,2-3H3. The van der Waals surface area contributed by atoms with Crippen LogP contribution in [0.2, 0.25) is 0 Å². The number of rotatable bonds is 5. The van der Waals surface area contributed by atoms with E-state index in [1.54, 1.807) is 11.0 Å². The van der Waals surface area contributed by atoms with Gasteiger partial charge in [0.05, 0.1) is 11.3 Å². The van der Waals surface area contributed by atoms with Crippen molar-refractivity contribution in [1.82, 2.24) is 0 Å². The van der Waals surface area contributed by atoms with Gasteiger partial charge in [-0.25, -0.2) is 4.79 Å². The van der Waals surface area contributed by atoms with Crippen LogP contribution in [-0.2, 0) is 14.3 Å². The summed E-state index contributed by atoms with van der Waals surface area (Å²) in [5.41, 5.74) is 5.03. The Labute approximate surface area is 170 Å². The molecule has 0 saturated carbocycles. The van der Waals surface area contributed by atoms with E-state index in [9.17, 15) is 9.59 Å². The SMILES string of the molecule is C=CCOc1ccc(C2CC(=O)N(c3cc(C)cc(C)c3)C3=C2C(=O)OC3)cc1. The van der Waals surface area contributed by atoms with Crippen LogP contribution in [0.5, 0.6) is 5.75 Å². The molecule has 0 N–H and O–H groups in total. The highest BCUT2D eigenvalue weighted by Crippen LogP contribution is 2.42. The fraction of sp³-hybridized carbons (Fsp3) is 0.250. The van der Waals surface area contributed by atoms with Crippen LogP contribution in [0.3, 0.4) is 0 Å². The van der Waals surface area contributed by atoms with Crippen LogP contribution in [0.1, 0.15) is 29.0 Å². The van der Waals surface area contributed by atoms with Crippen LogP contribution in [0.25, 0.3) is 0 Å². The predicted octanol–water partition coefficient (Wildman–Crippen LogP) is 4.20. The first-order valence-electron chi connectivity index (χ1n) is 9.63. The molecule has 5 nitrogen and oxygen atoms in total. The van der Waals surface area contributed by atoms with Crippen molar-refractivity contribution in [3.05, 3.63) is 83.1 Å². The Morgan fingerprint density at radius 3 is 2.48 bits per heavy atom. The van der Waals surface area contributed by atoms with Crippen molar-refractivity contribution in [1.29, 1.82) is 0 Å². The molecule has 148 valence electrons. The molecule has 29 heavy (non-hydrogen) atoms. The zero-order valence-electron chi connectivity index (χ0n) is 16.6. The lowest BCUT2D eigenvalue weighted by molar-refractivity contribution is -0.136. The molecule has 0 fully saturated rings. The lowest BCUT2D eigenvalue weighted by Crippen LogP contribution is -2.37. The fourth-order valence-corrected chi connectivity index (χ4v) is 4.07. The van der Waals surface area contributed by atoms with Crippen LogP contribution in [0.15, 0.2) is 66.4 Å². The monoisotopic (exact) mass is 389 g/mol. The number of cyclic esters (lactones) is 1. The van der Waals surface area contributed by atoms with E-state index in [0.29, 0.717) is 17.9 Å². The maximum absolute atomic E-state index is 13.1. The summed E-state index contributed by atoms with van der Waals surface area (Å²) in [6.07, 6.45) is 1.90. The van der Waals surface area contributed by atoms with Crippen LogP contribution in [-0.4, -0.2) is 25.1 Å². The Kier molecular flexibility index (Phi) is 4.97. The van der Waals surface area contributed by atoms with Gasteiger partial charge in [0, 0.05) is 18.0 Å². The number of ether oxygens (including phenoxy) is 2. The summed E-state index contributed by atoms with van der Waals surface area (Å²) < 4.78 is 10.9. The maximum atomic E-state index is 13.1. The Morgan fingerprint density at radius 2 is 1.83 bits per heavy atom. The van der Waals surface area contributed by atoms with Gasteiger partial charge >= 0.3 is 5.97 Å². The Bertz CT molecular complexity index is 999. The molecular weight excluding hydrogens is 366 g/mol. The number of amides is 1. The molecule has 2 aromatic rings.